The van der Waals surface area contributed by atoms with Gasteiger partial charge in [0.15, 0.2) is 0 Å². The second-order valence-corrected chi connectivity index (χ2v) is 12.0. The van der Waals surface area contributed by atoms with Crippen molar-refractivity contribution in [1.29, 1.82) is 0 Å². The summed E-state index contributed by atoms with van der Waals surface area (Å²) in [6, 6.07) is 21.0. The quantitative estimate of drug-likeness (QED) is 0.414. The average molecular weight is 367 g/mol. The molecule has 0 aliphatic rings. The molecule has 0 heterocycles. The summed E-state index contributed by atoms with van der Waals surface area (Å²) in [6.45, 7) is 10.6. The van der Waals surface area contributed by atoms with Crippen molar-refractivity contribution in [2.75, 3.05) is 0 Å². The molecule has 0 fully saturated rings. The number of hydrogen-bond acceptors (Lipinski definition) is 2. The lowest BCUT2D eigenvalue weighted by Gasteiger charge is -2.45. The third-order valence-corrected chi connectivity index (χ3v) is 9.88. The van der Waals surface area contributed by atoms with Gasteiger partial charge in [-0.3, -0.25) is 0 Å². The van der Waals surface area contributed by atoms with Crippen LogP contribution < -0.4 is 10.4 Å². The first-order valence-corrected chi connectivity index (χ1v) is 11.1. The van der Waals surface area contributed by atoms with Crippen molar-refractivity contribution in [3.05, 3.63) is 72.8 Å². The Hall–Kier alpha value is -1.97. The fourth-order valence-electron chi connectivity index (χ4n) is 3.48. The van der Waals surface area contributed by atoms with E-state index in [0.717, 1.165) is 6.29 Å². The van der Waals surface area contributed by atoms with Gasteiger partial charge in [0.1, 0.15) is 6.29 Å². The normalized spacial score (nSPS) is 15.0. The largest absolute Gasteiger partial charge is 0.400 e. The maximum Gasteiger partial charge on any atom is 0.261 e. The molecule has 0 N–H and O–H groups in total. The van der Waals surface area contributed by atoms with Crippen LogP contribution in [0.3, 0.4) is 0 Å². The van der Waals surface area contributed by atoms with E-state index in [1.165, 1.54) is 10.4 Å². The first-order valence-electron chi connectivity index (χ1n) is 9.23. The summed E-state index contributed by atoms with van der Waals surface area (Å²) >= 11 is 0. The van der Waals surface area contributed by atoms with Crippen LogP contribution in [0, 0.1) is 5.92 Å². The summed E-state index contributed by atoms with van der Waals surface area (Å²) in [7, 11) is -2.64. The minimum Gasteiger partial charge on any atom is -0.400 e. The van der Waals surface area contributed by atoms with E-state index in [0.29, 0.717) is 0 Å². The number of carbonyl (C=O) groups excluding carboxylic acids is 1. The summed E-state index contributed by atoms with van der Waals surface area (Å²) in [5.74, 6) is -0.201. The predicted molar refractivity (Wildman–Crippen MR) is 113 cm³/mol. The van der Waals surface area contributed by atoms with Crippen molar-refractivity contribution in [2.24, 2.45) is 5.92 Å². The van der Waals surface area contributed by atoms with Gasteiger partial charge in [0.25, 0.3) is 8.32 Å². The van der Waals surface area contributed by atoms with Gasteiger partial charge in [0, 0.05) is 5.92 Å². The van der Waals surface area contributed by atoms with E-state index in [9.17, 15) is 4.79 Å². The van der Waals surface area contributed by atoms with E-state index in [-0.39, 0.29) is 17.1 Å². The summed E-state index contributed by atoms with van der Waals surface area (Å²) < 4.78 is 6.99. The van der Waals surface area contributed by atoms with Crippen LogP contribution in [-0.4, -0.2) is 20.7 Å². The van der Waals surface area contributed by atoms with Crippen LogP contribution in [0.25, 0.3) is 0 Å². The van der Waals surface area contributed by atoms with Crippen molar-refractivity contribution in [3.8, 4) is 0 Å². The fraction of sp³-hybridized carbons (Fsp3) is 0.348. The number of hydrogen-bond donors (Lipinski definition) is 0. The molecule has 0 saturated carbocycles. The Morgan fingerprint density at radius 2 is 1.38 bits per heavy atom. The molecule has 0 aromatic heterocycles. The molecule has 26 heavy (non-hydrogen) atoms. The zero-order valence-electron chi connectivity index (χ0n) is 16.5. The van der Waals surface area contributed by atoms with Crippen molar-refractivity contribution >= 4 is 25.0 Å². The van der Waals surface area contributed by atoms with Gasteiger partial charge < -0.3 is 9.22 Å². The highest BCUT2D eigenvalue weighted by Crippen LogP contribution is 2.38. The Labute approximate surface area is 159 Å². The lowest BCUT2D eigenvalue weighted by molar-refractivity contribution is -0.112. The topological polar surface area (TPSA) is 26.3 Å². The Kier molecular flexibility index (Phi) is 6.73. The monoisotopic (exact) mass is 366 g/mol. The van der Waals surface area contributed by atoms with Crippen molar-refractivity contribution < 1.29 is 9.22 Å². The SMILES string of the molecule is C/C=C/[C@@H](O[Si](c1ccccc1)(c1ccccc1)C(C)(C)C)[C@H](C)C=O. The van der Waals surface area contributed by atoms with Gasteiger partial charge in [-0.05, 0) is 22.3 Å². The summed E-state index contributed by atoms with van der Waals surface area (Å²) in [6.07, 6.45) is 4.73. The van der Waals surface area contributed by atoms with Crippen LogP contribution in [0.2, 0.25) is 5.04 Å². The average Bonchev–Trinajstić information content (AvgIpc) is 2.65. The molecule has 2 aromatic rings. The number of carbonyl (C=O) groups is 1. The standard InChI is InChI=1S/C23H30O2Si/c1-6-13-22(19(2)18-24)25-26(23(3,4)5,20-14-9-7-10-15-20)21-16-11-8-12-17-21/h6-19,22H,1-5H3/b13-6+/t19-,22-/m1/s1. The molecule has 0 amide bonds. The third kappa shape index (κ3) is 4.05. The van der Waals surface area contributed by atoms with Gasteiger partial charge in [0.2, 0.25) is 0 Å². The molecular weight excluding hydrogens is 336 g/mol. The van der Waals surface area contributed by atoms with Crippen molar-refractivity contribution in [1.82, 2.24) is 0 Å². The lowest BCUT2D eigenvalue weighted by atomic mass is 10.1. The highest BCUT2D eigenvalue weighted by molar-refractivity contribution is 6.99. The van der Waals surface area contributed by atoms with Crippen molar-refractivity contribution in [2.45, 2.75) is 45.8 Å². The predicted octanol–water partition coefficient (Wildman–Crippen LogP) is 4.34. The summed E-state index contributed by atoms with van der Waals surface area (Å²) in [5, 5.41) is 2.36. The van der Waals surface area contributed by atoms with Crippen LogP contribution in [0.15, 0.2) is 72.8 Å². The van der Waals surface area contributed by atoms with Gasteiger partial charge >= 0.3 is 0 Å². The van der Waals surface area contributed by atoms with E-state index >= 15 is 0 Å². The molecule has 0 aliphatic carbocycles. The molecule has 0 bridgehead atoms. The molecule has 2 aromatic carbocycles. The Bertz CT molecular complexity index is 677. The minimum atomic E-state index is -2.64. The molecule has 0 radical (unpaired) electrons. The summed E-state index contributed by atoms with van der Waals surface area (Å²) in [4.78, 5) is 11.5. The molecule has 3 heteroatoms. The van der Waals surface area contributed by atoms with Gasteiger partial charge in [-0.25, -0.2) is 0 Å². The van der Waals surface area contributed by atoms with E-state index in [1.54, 1.807) is 0 Å². The Balaban J connectivity index is 2.73. The van der Waals surface area contributed by atoms with Gasteiger partial charge in [-0.15, -0.1) is 0 Å². The summed E-state index contributed by atoms with van der Waals surface area (Å²) in [5.41, 5.74) is 0. The number of aldehydes is 1. The van der Waals surface area contributed by atoms with Gasteiger partial charge in [-0.2, -0.15) is 0 Å². The van der Waals surface area contributed by atoms with Crippen LogP contribution in [0.1, 0.15) is 34.6 Å². The molecule has 0 spiro atoms. The molecule has 2 nitrogen and oxygen atoms in total. The minimum absolute atomic E-state index is 0.0991. The number of allylic oxidation sites excluding steroid dienone is 1. The zero-order chi connectivity index (χ0) is 19.2. The van der Waals surface area contributed by atoms with Crippen LogP contribution >= 0.6 is 0 Å². The maximum atomic E-state index is 11.5. The second kappa shape index (κ2) is 8.61. The van der Waals surface area contributed by atoms with Gasteiger partial charge in [-0.1, -0.05) is 101 Å². The fourth-order valence-corrected chi connectivity index (χ4v) is 8.20. The van der Waals surface area contributed by atoms with Crippen molar-refractivity contribution in [3.63, 3.8) is 0 Å². The van der Waals surface area contributed by atoms with Crippen LogP contribution in [0.4, 0.5) is 0 Å². The van der Waals surface area contributed by atoms with E-state index < -0.39 is 8.32 Å². The molecule has 0 unspecified atom stereocenters. The zero-order valence-corrected chi connectivity index (χ0v) is 17.5. The Morgan fingerprint density at radius 1 is 0.923 bits per heavy atom. The molecule has 2 rings (SSSR count). The first kappa shape index (κ1) is 20.3. The highest BCUT2D eigenvalue weighted by Gasteiger charge is 2.51. The van der Waals surface area contributed by atoms with Gasteiger partial charge in [0.05, 0.1) is 6.10 Å². The molecule has 2 atom stereocenters. The van der Waals surface area contributed by atoms with E-state index in [4.69, 9.17) is 4.43 Å². The smallest absolute Gasteiger partial charge is 0.261 e. The van der Waals surface area contributed by atoms with Crippen LogP contribution in [0.5, 0.6) is 0 Å². The molecular formula is C23H30O2Si. The molecule has 138 valence electrons. The second-order valence-electron chi connectivity index (χ2n) is 7.77. The lowest BCUT2D eigenvalue weighted by Crippen LogP contribution is -2.68. The maximum absolute atomic E-state index is 11.5. The first-order chi connectivity index (χ1) is 12.4. The van der Waals surface area contributed by atoms with E-state index in [2.05, 4.69) is 69.3 Å². The van der Waals surface area contributed by atoms with Crippen LogP contribution in [-0.2, 0) is 9.22 Å². The third-order valence-electron chi connectivity index (χ3n) is 4.84. The molecule has 0 aliphatic heterocycles. The molecule has 0 saturated heterocycles. The number of rotatable bonds is 7. The highest BCUT2D eigenvalue weighted by atomic mass is 28.4. The van der Waals surface area contributed by atoms with E-state index in [1.807, 2.05) is 38.1 Å². The Morgan fingerprint density at radius 3 is 1.73 bits per heavy atom. The number of benzene rings is 2.